The zero-order valence-electron chi connectivity index (χ0n) is 13.8. The number of H-pyrrole nitrogens is 1. The highest BCUT2D eigenvalue weighted by Crippen LogP contribution is 2.33. The number of aromatic amines is 1. The molecule has 6 nitrogen and oxygen atoms in total. The Labute approximate surface area is 139 Å². The summed E-state index contributed by atoms with van der Waals surface area (Å²) in [5.41, 5.74) is 4.50. The minimum absolute atomic E-state index is 0.0856. The summed E-state index contributed by atoms with van der Waals surface area (Å²) >= 11 is 0. The van der Waals surface area contributed by atoms with Crippen molar-refractivity contribution in [2.45, 2.75) is 26.3 Å². The maximum atomic E-state index is 12.3. The number of nitrogens with zero attached hydrogens (tertiary/aromatic N) is 2. The van der Waals surface area contributed by atoms with Gasteiger partial charge in [0.25, 0.3) is 0 Å². The Morgan fingerprint density at radius 3 is 3.08 bits per heavy atom. The summed E-state index contributed by atoms with van der Waals surface area (Å²) in [6.45, 7) is 5.15. The monoisotopic (exact) mass is 324 g/mol. The Balaban J connectivity index is 1.50. The van der Waals surface area contributed by atoms with Crippen molar-refractivity contribution in [2.75, 3.05) is 18.4 Å². The zero-order valence-corrected chi connectivity index (χ0v) is 13.8. The number of aryl methyl sites for hydroxylation is 1. The molecule has 1 aliphatic heterocycles. The number of carbonyl (C=O) groups is 1. The van der Waals surface area contributed by atoms with Crippen LogP contribution in [0.2, 0.25) is 0 Å². The number of aromatic nitrogens is 2. The molecule has 1 aromatic carbocycles. The predicted octanol–water partition coefficient (Wildman–Crippen LogP) is 3.02. The van der Waals surface area contributed by atoms with E-state index >= 15 is 0 Å². The van der Waals surface area contributed by atoms with E-state index in [1.165, 1.54) is 16.6 Å². The van der Waals surface area contributed by atoms with E-state index in [0.717, 1.165) is 24.2 Å². The third-order valence-electron chi connectivity index (χ3n) is 4.70. The van der Waals surface area contributed by atoms with Crippen LogP contribution in [-0.4, -0.2) is 34.0 Å². The van der Waals surface area contributed by atoms with E-state index in [0.29, 0.717) is 12.4 Å². The van der Waals surface area contributed by atoms with Crippen molar-refractivity contribution in [2.24, 2.45) is 0 Å². The number of benzene rings is 1. The summed E-state index contributed by atoms with van der Waals surface area (Å²) in [5.74, 6) is 0.311. The van der Waals surface area contributed by atoms with Crippen LogP contribution < -0.4 is 5.32 Å². The quantitative estimate of drug-likeness (QED) is 0.776. The van der Waals surface area contributed by atoms with Crippen molar-refractivity contribution in [3.05, 3.63) is 47.3 Å². The van der Waals surface area contributed by atoms with Gasteiger partial charge in [0, 0.05) is 35.2 Å². The lowest BCUT2D eigenvalue weighted by molar-refractivity contribution is -0.118. The maximum absolute atomic E-state index is 12.3. The molecule has 1 amide bonds. The normalized spacial score (nSPS) is 17.8. The van der Waals surface area contributed by atoms with Crippen LogP contribution in [0.25, 0.3) is 10.9 Å². The highest BCUT2D eigenvalue weighted by atomic mass is 16.5. The minimum atomic E-state index is -0.0856. The molecule has 3 aromatic rings. The van der Waals surface area contributed by atoms with Crippen molar-refractivity contribution in [1.29, 1.82) is 0 Å². The number of amides is 1. The summed E-state index contributed by atoms with van der Waals surface area (Å²) in [6.07, 6.45) is 0.943. The van der Waals surface area contributed by atoms with Crippen LogP contribution in [0.5, 0.6) is 0 Å². The molecule has 0 saturated carbocycles. The summed E-state index contributed by atoms with van der Waals surface area (Å²) in [6, 6.07) is 10.3. The Hall–Kier alpha value is -2.60. The zero-order chi connectivity index (χ0) is 16.7. The van der Waals surface area contributed by atoms with Gasteiger partial charge in [-0.05, 0) is 31.9 Å². The first kappa shape index (κ1) is 15.0. The van der Waals surface area contributed by atoms with E-state index < -0.39 is 0 Å². The molecule has 0 spiro atoms. The highest BCUT2D eigenvalue weighted by Gasteiger charge is 2.28. The number of carbonyl (C=O) groups excluding carboxylic acids is 1. The highest BCUT2D eigenvalue weighted by molar-refractivity contribution is 5.91. The number of fused-ring (bicyclic) bond motifs is 3. The molecule has 4 rings (SSSR count). The molecule has 2 aromatic heterocycles. The first-order chi connectivity index (χ1) is 11.6. The lowest BCUT2D eigenvalue weighted by atomic mass is 9.98. The third kappa shape index (κ3) is 2.59. The first-order valence-corrected chi connectivity index (χ1v) is 8.18. The molecule has 0 saturated heterocycles. The average Bonchev–Trinajstić information content (AvgIpc) is 3.14. The van der Waals surface area contributed by atoms with Crippen molar-refractivity contribution in [1.82, 2.24) is 15.0 Å². The van der Waals surface area contributed by atoms with Gasteiger partial charge in [-0.3, -0.25) is 15.0 Å². The number of anilines is 1. The van der Waals surface area contributed by atoms with Gasteiger partial charge in [0.2, 0.25) is 11.8 Å². The Bertz CT molecular complexity index is 895. The van der Waals surface area contributed by atoms with E-state index in [1.54, 1.807) is 6.07 Å². The van der Waals surface area contributed by atoms with Gasteiger partial charge in [0.15, 0.2) is 0 Å². The molecule has 2 N–H and O–H groups in total. The molecule has 24 heavy (non-hydrogen) atoms. The van der Waals surface area contributed by atoms with Gasteiger partial charge in [-0.25, -0.2) is 0 Å². The molecule has 0 bridgehead atoms. The molecule has 6 heteroatoms. The van der Waals surface area contributed by atoms with Gasteiger partial charge in [-0.1, -0.05) is 23.4 Å². The number of para-hydroxylation sites is 1. The molecule has 0 unspecified atom stereocenters. The maximum Gasteiger partial charge on any atom is 0.240 e. The second-order valence-electron chi connectivity index (χ2n) is 6.34. The molecule has 0 fully saturated rings. The molecule has 0 radical (unpaired) electrons. The number of hydrogen-bond donors (Lipinski definition) is 2. The van der Waals surface area contributed by atoms with Gasteiger partial charge in [-0.2, -0.15) is 0 Å². The van der Waals surface area contributed by atoms with E-state index in [-0.39, 0.29) is 11.9 Å². The standard InChI is InChI=1S/C18H20N4O2/c1-11-9-17(24-21-11)20-16(23)10-22-8-7-14-13-5-3-4-6-15(13)19-18(14)12(22)2/h3-6,9,12,19H,7-8,10H2,1-2H3,(H,20,23)/t12-/m1/s1. The largest absolute Gasteiger partial charge is 0.357 e. The smallest absolute Gasteiger partial charge is 0.240 e. The van der Waals surface area contributed by atoms with Crippen LogP contribution >= 0.6 is 0 Å². The van der Waals surface area contributed by atoms with E-state index in [4.69, 9.17) is 4.52 Å². The van der Waals surface area contributed by atoms with Crippen LogP contribution in [0.1, 0.15) is 29.9 Å². The predicted molar refractivity (Wildman–Crippen MR) is 91.9 cm³/mol. The Morgan fingerprint density at radius 2 is 2.29 bits per heavy atom. The fourth-order valence-corrected chi connectivity index (χ4v) is 3.48. The van der Waals surface area contributed by atoms with Crippen LogP contribution in [0.15, 0.2) is 34.9 Å². The van der Waals surface area contributed by atoms with Crippen LogP contribution in [0.4, 0.5) is 5.88 Å². The Kier molecular flexibility index (Phi) is 3.61. The van der Waals surface area contributed by atoms with Gasteiger partial charge in [-0.15, -0.1) is 0 Å². The fourth-order valence-electron chi connectivity index (χ4n) is 3.48. The third-order valence-corrected chi connectivity index (χ3v) is 4.70. The van der Waals surface area contributed by atoms with Crippen LogP contribution in [0.3, 0.4) is 0 Å². The van der Waals surface area contributed by atoms with Crippen LogP contribution in [0, 0.1) is 6.92 Å². The van der Waals surface area contributed by atoms with Crippen molar-refractivity contribution in [3.63, 3.8) is 0 Å². The van der Waals surface area contributed by atoms with E-state index in [9.17, 15) is 4.79 Å². The second kappa shape index (κ2) is 5.79. The van der Waals surface area contributed by atoms with Gasteiger partial charge in [0.05, 0.1) is 12.2 Å². The summed E-state index contributed by atoms with van der Waals surface area (Å²) in [4.78, 5) is 18.0. The van der Waals surface area contributed by atoms with Crippen LogP contribution in [-0.2, 0) is 11.2 Å². The summed E-state index contributed by atoms with van der Waals surface area (Å²) < 4.78 is 5.04. The van der Waals surface area contributed by atoms with Gasteiger partial charge >= 0.3 is 0 Å². The molecular weight excluding hydrogens is 304 g/mol. The number of rotatable bonds is 3. The SMILES string of the molecule is Cc1cc(NC(=O)CN2CCc3c([nH]c4ccccc34)[C@H]2C)on1. The minimum Gasteiger partial charge on any atom is -0.357 e. The van der Waals surface area contributed by atoms with Crippen molar-refractivity contribution >= 4 is 22.7 Å². The first-order valence-electron chi connectivity index (χ1n) is 8.18. The van der Waals surface area contributed by atoms with Crippen molar-refractivity contribution in [3.8, 4) is 0 Å². The molecule has 0 aliphatic carbocycles. The van der Waals surface area contributed by atoms with Crippen molar-refractivity contribution < 1.29 is 9.32 Å². The molecule has 1 atom stereocenters. The van der Waals surface area contributed by atoms with E-state index in [2.05, 4.69) is 45.5 Å². The second-order valence-corrected chi connectivity index (χ2v) is 6.34. The van der Waals surface area contributed by atoms with E-state index in [1.807, 2.05) is 13.0 Å². The molecule has 1 aliphatic rings. The lowest BCUT2D eigenvalue weighted by Crippen LogP contribution is -2.39. The lowest BCUT2D eigenvalue weighted by Gasteiger charge is -2.32. The average molecular weight is 324 g/mol. The number of hydrogen-bond acceptors (Lipinski definition) is 4. The number of nitrogens with one attached hydrogen (secondary N) is 2. The molecule has 3 heterocycles. The Morgan fingerprint density at radius 1 is 1.46 bits per heavy atom. The molecular formula is C18H20N4O2. The molecule has 124 valence electrons. The van der Waals surface area contributed by atoms with Gasteiger partial charge in [0.1, 0.15) is 0 Å². The fraction of sp³-hybridized carbons (Fsp3) is 0.333. The topological polar surface area (TPSA) is 74.2 Å². The van der Waals surface area contributed by atoms with Gasteiger partial charge < -0.3 is 9.51 Å². The summed E-state index contributed by atoms with van der Waals surface area (Å²) in [7, 11) is 0. The summed E-state index contributed by atoms with van der Waals surface area (Å²) in [5, 5.41) is 7.83.